The number of rotatable bonds is 44. The van der Waals surface area contributed by atoms with Gasteiger partial charge in [0, 0.05) is 26.1 Å². The maximum absolute atomic E-state index is 12.8. The quantitative estimate of drug-likeness (QED) is 0.0297. The zero-order valence-corrected chi connectivity index (χ0v) is 40.4. The molecule has 60 heavy (non-hydrogen) atoms. The number of hydrogen-bond donors (Lipinski definition) is 1. The molecular weight excluding hydrogens is 751 g/mol. The average molecular weight is 848 g/mol. The van der Waals surface area contributed by atoms with Gasteiger partial charge in [-0.25, -0.2) is 0 Å². The van der Waals surface area contributed by atoms with Crippen molar-refractivity contribution in [3.8, 4) is 0 Å². The largest absolute Gasteiger partial charge is 0.468 e. The predicted molar refractivity (Wildman–Crippen MR) is 258 cm³/mol. The number of unbranched alkanes of at least 4 members (excludes halogenated alkanes) is 24. The van der Waals surface area contributed by atoms with E-state index in [0.717, 1.165) is 103 Å². The van der Waals surface area contributed by atoms with Crippen LogP contribution >= 0.6 is 0 Å². The van der Waals surface area contributed by atoms with Crippen LogP contribution in [0.15, 0.2) is 9.59 Å². The lowest BCUT2D eigenvalue weighted by Crippen LogP contribution is -2.43. The smallest absolute Gasteiger partial charge is 0.306 e. The first-order chi connectivity index (χ1) is 29.3. The molecule has 0 fully saturated rings. The molecular formula is C51H97N3O6. The van der Waals surface area contributed by atoms with Gasteiger partial charge in [-0.1, -0.05) is 175 Å². The van der Waals surface area contributed by atoms with Gasteiger partial charge in [-0.05, 0) is 78.4 Å². The molecule has 0 aromatic heterocycles. The van der Waals surface area contributed by atoms with E-state index in [1.54, 1.807) is 0 Å². The first-order valence-corrected chi connectivity index (χ1v) is 25.5. The van der Waals surface area contributed by atoms with Crippen molar-refractivity contribution in [3.05, 3.63) is 20.4 Å². The molecule has 352 valence electrons. The molecule has 0 aliphatic carbocycles. The van der Waals surface area contributed by atoms with Crippen LogP contribution in [0.1, 0.15) is 240 Å². The highest BCUT2D eigenvalue weighted by molar-refractivity contribution is 5.75. The third kappa shape index (κ3) is 33.2. The van der Waals surface area contributed by atoms with Gasteiger partial charge < -0.3 is 24.6 Å². The molecule has 0 amide bonds. The monoisotopic (exact) mass is 848 g/mol. The van der Waals surface area contributed by atoms with Gasteiger partial charge in [-0.15, -0.1) is 0 Å². The van der Waals surface area contributed by atoms with Crippen molar-refractivity contribution < 1.29 is 19.1 Å². The number of ether oxygens (including phenoxy) is 2. The van der Waals surface area contributed by atoms with Crippen molar-refractivity contribution in [3.63, 3.8) is 0 Å². The van der Waals surface area contributed by atoms with Crippen LogP contribution in [0.3, 0.4) is 0 Å². The van der Waals surface area contributed by atoms with Crippen molar-refractivity contribution in [1.82, 2.24) is 4.90 Å². The number of carbonyl (C=O) groups is 2. The fourth-order valence-corrected chi connectivity index (χ4v) is 7.80. The van der Waals surface area contributed by atoms with Gasteiger partial charge in [0.05, 0.1) is 6.61 Å². The molecule has 0 spiro atoms. The van der Waals surface area contributed by atoms with E-state index < -0.39 is 0 Å². The lowest BCUT2D eigenvalue weighted by atomic mass is 10.0. The van der Waals surface area contributed by atoms with Crippen LogP contribution in [0.4, 0.5) is 11.4 Å². The van der Waals surface area contributed by atoms with Crippen LogP contribution in [-0.2, 0) is 19.1 Å². The fraction of sp³-hybridized carbons (Fsp3) is 0.882. The second kappa shape index (κ2) is 43.2. The van der Waals surface area contributed by atoms with E-state index in [9.17, 15) is 19.2 Å². The Kier molecular flexibility index (Phi) is 41.5. The Morgan fingerprint density at radius 2 is 0.983 bits per heavy atom. The maximum Gasteiger partial charge on any atom is 0.306 e. The van der Waals surface area contributed by atoms with Crippen LogP contribution in [0.5, 0.6) is 0 Å². The van der Waals surface area contributed by atoms with Gasteiger partial charge in [0.1, 0.15) is 17.5 Å². The number of carbonyl (C=O) groups excluding carboxylic acids is 2. The molecule has 0 atom stereocenters. The summed E-state index contributed by atoms with van der Waals surface area (Å²) in [4.78, 5) is 52.0. The third-order valence-electron chi connectivity index (χ3n) is 11.6. The number of anilines is 2. The standard InChI is InChI=1S/C42H79N3O4.C9H18O2/c1-6-9-12-15-19-24-30-37(31-25-20-16-13-10-7-2)49-38(46)32-26-21-18-23-28-36-45(35-27-22-17-14-11-8-3)40-39(41(47)42(40)48)43-33-29-34-44(4)5;1-2-3-4-5-6-7-8-11-9-10/h37,43H,6-36H2,1-5H3;9H,2-8H2,1H3. The summed E-state index contributed by atoms with van der Waals surface area (Å²) in [5, 5.41) is 3.29. The zero-order chi connectivity index (χ0) is 44.3. The highest BCUT2D eigenvalue weighted by Crippen LogP contribution is 2.23. The molecule has 1 N–H and O–H groups in total. The molecule has 0 radical (unpaired) electrons. The van der Waals surface area contributed by atoms with Gasteiger partial charge in [0.15, 0.2) is 0 Å². The number of esters is 1. The number of nitrogens with one attached hydrogen (secondary N) is 1. The van der Waals surface area contributed by atoms with E-state index in [0.29, 0.717) is 37.4 Å². The molecule has 0 saturated carbocycles. The first kappa shape index (κ1) is 57.6. The maximum atomic E-state index is 12.8. The number of hydrogen-bond acceptors (Lipinski definition) is 9. The van der Waals surface area contributed by atoms with Gasteiger partial charge >= 0.3 is 5.97 Å². The van der Waals surface area contributed by atoms with E-state index in [2.05, 4.69) is 47.5 Å². The first-order valence-electron chi connectivity index (χ1n) is 25.5. The van der Waals surface area contributed by atoms with E-state index in [-0.39, 0.29) is 22.9 Å². The number of nitrogens with zero attached hydrogens (tertiary/aromatic N) is 2. The van der Waals surface area contributed by atoms with Crippen molar-refractivity contribution in [2.24, 2.45) is 0 Å². The summed E-state index contributed by atoms with van der Waals surface area (Å²) in [5.74, 6) is -0.0159. The van der Waals surface area contributed by atoms with E-state index in [4.69, 9.17) is 4.74 Å². The van der Waals surface area contributed by atoms with Crippen molar-refractivity contribution in [2.75, 3.05) is 57.1 Å². The minimum Gasteiger partial charge on any atom is -0.468 e. The minimum absolute atomic E-state index is 0.0159. The van der Waals surface area contributed by atoms with Crippen LogP contribution in [0.25, 0.3) is 0 Å². The molecule has 0 unspecified atom stereocenters. The van der Waals surface area contributed by atoms with Crippen molar-refractivity contribution in [2.45, 2.75) is 246 Å². The second-order valence-corrected chi connectivity index (χ2v) is 17.7. The Morgan fingerprint density at radius 1 is 0.550 bits per heavy atom. The summed E-state index contributed by atoms with van der Waals surface area (Å²) in [5.41, 5.74) is 0.453. The molecule has 0 aliphatic rings. The van der Waals surface area contributed by atoms with E-state index >= 15 is 0 Å². The topological polar surface area (TPSA) is 105 Å². The lowest BCUT2D eigenvalue weighted by Gasteiger charge is -2.28. The second-order valence-electron chi connectivity index (χ2n) is 17.7. The van der Waals surface area contributed by atoms with Crippen LogP contribution in [-0.4, -0.2) is 70.3 Å². The third-order valence-corrected chi connectivity index (χ3v) is 11.6. The Morgan fingerprint density at radius 3 is 1.45 bits per heavy atom. The van der Waals surface area contributed by atoms with E-state index in [1.165, 1.54) is 122 Å². The van der Waals surface area contributed by atoms with Gasteiger partial charge in [-0.3, -0.25) is 19.2 Å². The average Bonchev–Trinajstić information content (AvgIpc) is 3.24. The molecule has 0 bridgehead atoms. The Labute approximate surface area is 370 Å². The molecule has 1 rings (SSSR count). The molecule has 9 heteroatoms. The summed E-state index contributed by atoms with van der Waals surface area (Å²) in [6, 6.07) is 0. The van der Waals surface area contributed by atoms with Gasteiger partial charge in [0.25, 0.3) is 17.3 Å². The molecule has 0 heterocycles. The van der Waals surface area contributed by atoms with Crippen LogP contribution in [0.2, 0.25) is 0 Å². The van der Waals surface area contributed by atoms with Crippen molar-refractivity contribution in [1.29, 1.82) is 0 Å². The van der Waals surface area contributed by atoms with Gasteiger partial charge in [-0.2, -0.15) is 0 Å². The fourth-order valence-electron chi connectivity index (χ4n) is 7.80. The van der Waals surface area contributed by atoms with E-state index in [1.807, 2.05) is 14.1 Å². The van der Waals surface area contributed by atoms with Gasteiger partial charge in [0.2, 0.25) is 0 Å². The zero-order valence-electron chi connectivity index (χ0n) is 40.4. The van der Waals surface area contributed by atoms with Crippen LogP contribution < -0.4 is 21.1 Å². The molecule has 0 saturated heterocycles. The summed E-state index contributed by atoms with van der Waals surface area (Å²) >= 11 is 0. The Bertz CT molecular complexity index is 1150. The van der Waals surface area contributed by atoms with Crippen LogP contribution in [0, 0.1) is 0 Å². The summed E-state index contributed by atoms with van der Waals surface area (Å²) < 4.78 is 10.6. The summed E-state index contributed by atoms with van der Waals surface area (Å²) in [6.07, 6.45) is 38.4. The molecule has 1 aromatic rings. The Balaban J connectivity index is 0.00000275. The SMILES string of the molecule is CCCCCCCCC(CCCCCCCC)OC(=O)CCCCCCCN(CCCCCCCC)c1c(NCCCN(C)C)c(=O)c1=O.CCCCCCCCOC=O. The molecule has 1 aromatic carbocycles. The Hall–Kier alpha value is -2.42. The van der Waals surface area contributed by atoms with Crippen molar-refractivity contribution >= 4 is 23.8 Å². The summed E-state index contributed by atoms with van der Waals surface area (Å²) in [7, 11) is 4.09. The minimum atomic E-state index is -0.360. The normalized spacial score (nSPS) is 11.3. The molecule has 9 nitrogen and oxygen atoms in total. The molecule has 0 aliphatic heterocycles. The summed E-state index contributed by atoms with van der Waals surface area (Å²) in [6.45, 7) is 13.3. The lowest BCUT2D eigenvalue weighted by molar-refractivity contribution is -0.150. The predicted octanol–water partition coefficient (Wildman–Crippen LogP) is 13.1. The highest BCUT2D eigenvalue weighted by atomic mass is 16.5. The highest BCUT2D eigenvalue weighted by Gasteiger charge is 2.25.